The fraction of sp³-hybridized carbons (Fsp3) is 0.296. The SMILES string of the molecule is Cc1ccc(-c2c(OCCOc3ncc(Cl)cn3)nn(C)c2NS(=O)(=O)c2ccc(C(C)(C)C)cc2)cc1. The smallest absolute Gasteiger partial charge is 0.316 e. The van der Waals surface area contributed by atoms with Crippen molar-refractivity contribution in [3.63, 3.8) is 0 Å². The molecule has 0 saturated carbocycles. The van der Waals surface area contributed by atoms with E-state index in [4.69, 9.17) is 21.1 Å². The van der Waals surface area contributed by atoms with Gasteiger partial charge in [-0.3, -0.25) is 4.72 Å². The van der Waals surface area contributed by atoms with E-state index >= 15 is 0 Å². The van der Waals surface area contributed by atoms with Crippen LogP contribution in [0.3, 0.4) is 0 Å². The number of nitrogens with zero attached hydrogens (tertiary/aromatic N) is 4. The van der Waals surface area contributed by atoms with Crippen LogP contribution in [0.2, 0.25) is 5.02 Å². The molecule has 11 heteroatoms. The Morgan fingerprint density at radius 2 is 1.55 bits per heavy atom. The van der Waals surface area contributed by atoms with Gasteiger partial charge in [0.25, 0.3) is 10.0 Å². The average molecular weight is 556 g/mol. The second-order valence-electron chi connectivity index (χ2n) is 9.78. The van der Waals surface area contributed by atoms with Crippen LogP contribution in [0, 0.1) is 6.92 Å². The number of ether oxygens (including phenoxy) is 2. The van der Waals surface area contributed by atoms with Crippen molar-refractivity contribution >= 4 is 27.4 Å². The number of hydrogen-bond donors (Lipinski definition) is 1. The van der Waals surface area contributed by atoms with Crippen molar-refractivity contribution in [3.8, 4) is 23.0 Å². The molecule has 0 unspecified atom stereocenters. The van der Waals surface area contributed by atoms with Crippen LogP contribution in [-0.4, -0.2) is 41.4 Å². The summed E-state index contributed by atoms with van der Waals surface area (Å²) in [7, 11) is -2.25. The first kappa shape index (κ1) is 27.4. The summed E-state index contributed by atoms with van der Waals surface area (Å²) in [5.74, 6) is 0.545. The largest absolute Gasteiger partial charge is 0.472 e. The number of rotatable bonds is 9. The summed E-state index contributed by atoms with van der Waals surface area (Å²) < 4.78 is 42.3. The summed E-state index contributed by atoms with van der Waals surface area (Å²) in [6.45, 7) is 8.48. The van der Waals surface area contributed by atoms with Gasteiger partial charge >= 0.3 is 6.01 Å². The van der Waals surface area contributed by atoms with Crippen LogP contribution >= 0.6 is 11.6 Å². The molecule has 0 amide bonds. The summed E-state index contributed by atoms with van der Waals surface area (Å²) in [6.07, 6.45) is 2.88. The highest BCUT2D eigenvalue weighted by molar-refractivity contribution is 7.92. The van der Waals surface area contributed by atoms with Gasteiger partial charge in [0.15, 0.2) is 0 Å². The van der Waals surface area contributed by atoms with Crippen LogP contribution in [0.15, 0.2) is 65.8 Å². The molecule has 0 saturated heterocycles. The fourth-order valence-corrected chi connectivity index (χ4v) is 4.86. The number of aromatic nitrogens is 4. The molecule has 0 fully saturated rings. The van der Waals surface area contributed by atoms with Crippen LogP contribution in [0.1, 0.15) is 31.9 Å². The summed E-state index contributed by atoms with van der Waals surface area (Å²) in [4.78, 5) is 8.12. The molecule has 0 spiro atoms. The molecule has 4 rings (SSSR count). The lowest BCUT2D eigenvalue weighted by molar-refractivity contribution is 0.201. The maximum Gasteiger partial charge on any atom is 0.316 e. The lowest BCUT2D eigenvalue weighted by Crippen LogP contribution is -2.17. The minimum atomic E-state index is -3.91. The van der Waals surface area contributed by atoms with Gasteiger partial charge in [-0.25, -0.2) is 23.1 Å². The Morgan fingerprint density at radius 3 is 2.16 bits per heavy atom. The molecule has 4 aromatic rings. The van der Waals surface area contributed by atoms with E-state index in [1.54, 1.807) is 19.2 Å². The number of aryl methyl sites for hydroxylation is 2. The van der Waals surface area contributed by atoms with E-state index < -0.39 is 10.0 Å². The van der Waals surface area contributed by atoms with Crippen molar-refractivity contribution in [2.75, 3.05) is 17.9 Å². The maximum atomic E-state index is 13.4. The summed E-state index contributed by atoms with van der Waals surface area (Å²) in [5.41, 5.74) is 3.29. The Bertz CT molecular complexity index is 1500. The van der Waals surface area contributed by atoms with Gasteiger partial charge in [0.05, 0.1) is 27.9 Å². The standard InChI is InChI=1S/C27H30ClN5O4S/c1-18-6-8-19(9-7-18)23-24(32-38(34,35)22-12-10-20(11-13-22)27(2,3)4)33(5)31-25(23)36-14-15-37-26-29-16-21(28)17-30-26/h6-13,16-17,32H,14-15H2,1-5H3. The third-order valence-electron chi connectivity index (χ3n) is 5.77. The molecule has 200 valence electrons. The molecule has 2 aromatic carbocycles. The highest BCUT2D eigenvalue weighted by Crippen LogP contribution is 2.38. The van der Waals surface area contributed by atoms with Gasteiger partial charge in [-0.05, 0) is 35.6 Å². The molecule has 0 aliphatic rings. The molecule has 0 bridgehead atoms. The molecule has 0 aliphatic heterocycles. The average Bonchev–Trinajstić information content (AvgIpc) is 3.17. The molecule has 2 heterocycles. The van der Waals surface area contributed by atoms with Crippen molar-refractivity contribution in [1.29, 1.82) is 0 Å². The van der Waals surface area contributed by atoms with Crippen molar-refractivity contribution in [1.82, 2.24) is 19.7 Å². The summed E-state index contributed by atoms with van der Waals surface area (Å²) >= 11 is 5.80. The minimum Gasteiger partial charge on any atom is -0.472 e. The van der Waals surface area contributed by atoms with E-state index in [1.165, 1.54) is 17.1 Å². The van der Waals surface area contributed by atoms with E-state index in [-0.39, 0.29) is 41.2 Å². The lowest BCUT2D eigenvalue weighted by atomic mass is 9.87. The molecule has 0 aliphatic carbocycles. The minimum absolute atomic E-state index is 0.0913. The first-order chi connectivity index (χ1) is 17.9. The number of benzene rings is 2. The second kappa shape index (κ2) is 11.0. The zero-order chi connectivity index (χ0) is 27.5. The number of hydrogen-bond acceptors (Lipinski definition) is 7. The number of halogens is 1. The molecule has 0 atom stereocenters. The highest BCUT2D eigenvalue weighted by atomic mass is 35.5. The molecular weight excluding hydrogens is 526 g/mol. The molecule has 38 heavy (non-hydrogen) atoms. The van der Waals surface area contributed by atoms with Crippen LogP contribution < -0.4 is 14.2 Å². The summed E-state index contributed by atoms with van der Waals surface area (Å²) in [5, 5.41) is 4.86. The quantitative estimate of drug-likeness (QED) is 0.276. The Balaban J connectivity index is 1.60. The van der Waals surface area contributed by atoms with Crippen molar-refractivity contribution in [3.05, 3.63) is 77.1 Å². The highest BCUT2D eigenvalue weighted by Gasteiger charge is 2.25. The molecule has 0 radical (unpaired) electrons. The number of sulfonamides is 1. The zero-order valence-corrected chi connectivity index (χ0v) is 23.5. The first-order valence-corrected chi connectivity index (χ1v) is 13.8. The Hall–Kier alpha value is -3.63. The number of nitrogens with one attached hydrogen (secondary N) is 1. The fourth-order valence-electron chi connectivity index (χ4n) is 3.66. The van der Waals surface area contributed by atoms with E-state index in [2.05, 4.69) is 40.6 Å². The maximum absolute atomic E-state index is 13.4. The van der Waals surface area contributed by atoms with Gasteiger partial charge in [-0.15, -0.1) is 5.10 Å². The predicted molar refractivity (Wildman–Crippen MR) is 147 cm³/mol. The Morgan fingerprint density at radius 1 is 0.947 bits per heavy atom. The van der Waals surface area contributed by atoms with Crippen molar-refractivity contribution in [2.24, 2.45) is 7.05 Å². The van der Waals surface area contributed by atoms with Gasteiger partial charge in [0.2, 0.25) is 5.88 Å². The second-order valence-corrected chi connectivity index (χ2v) is 11.9. The Kier molecular flexibility index (Phi) is 7.94. The van der Waals surface area contributed by atoms with Gasteiger partial charge in [-0.2, -0.15) is 0 Å². The zero-order valence-electron chi connectivity index (χ0n) is 21.9. The predicted octanol–water partition coefficient (Wildman–Crippen LogP) is 5.40. The van der Waals surface area contributed by atoms with Crippen LogP contribution in [-0.2, 0) is 22.5 Å². The normalized spacial score (nSPS) is 11.8. The third-order valence-corrected chi connectivity index (χ3v) is 7.32. The first-order valence-electron chi connectivity index (χ1n) is 11.9. The van der Waals surface area contributed by atoms with Crippen molar-refractivity contribution < 1.29 is 17.9 Å². The van der Waals surface area contributed by atoms with E-state index in [1.807, 2.05) is 43.3 Å². The van der Waals surface area contributed by atoms with Crippen LogP contribution in [0.4, 0.5) is 5.82 Å². The Labute approximate surface area is 227 Å². The topological polar surface area (TPSA) is 108 Å². The van der Waals surface area contributed by atoms with Crippen molar-refractivity contribution in [2.45, 2.75) is 38.0 Å². The van der Waals surface area contributed by atoms with Gasteiger partial charge in [-0.1, -0.05) is 74.3 Å². The van der Waals surface area contributed by atoms with Gasteiger partial charge < -0.3 is 9.47 Å². The molecule has 1 N–H and O–H groups in total. The van der Waals surface area contributed by atoms with Crippen LogP contribution in [0.25, 0.3) is 11.1 Å². The number of anilines is 1. The van der Waals surface area contributed by atoms with E-state index in [0.29, 0.717) is 10.6 Å². The van der Waals surface area contributed by atoms with Gasteiger partial charge in [0.1, 0.15) is 19.0 Å². The summed E-state index contributed by atoms with van der Waals surface area (Å²) in [6, 6.07) is 14.7. The third kappa shape index (κ3) is 6.43. The molecular formula is C27H30ClN5O4S. The van der Waals surface area contributed by atoms with E-state index in [9.17, 15) is 8.42 Å². The molecule has 2 aromatic heterocycles. The monoisotopic (exact) mass is 555 g/mol. The van der Waals surface area contributed by atoms with Gasteiger partial charge in [0, 0.05) is 7.05 Å². The lowest BCUT2D eigenvalue weighted by Gasteiger charge is -2.19. The molecule has 9 nitrogen and oxygen atoms in total. The van der Waals surface area contributed by atoms with Crippen LogP contribution in [0.5, 0.6) is 11.9 Å². The van der Waals surface area contributed by atoms with E-state index in [0.717, 1.165) is 16.7 Å².